The van der Waals surface area contributed by atoms with Gasteiger partial charge in [-0.3, -0.25) is 9.59 Å². The molecule has 1 aliphatic carbocycles. The molecule has 1 saturated carbocycles. The summed E-state index contributed by atoms with van der Waals surface area (Å²) in [5.74, 6) is -1.29. The number of halogens is 2. The zero-order valence-electron chi connectivity index (χ0n) is 13.6. The van der Waals surface area contributed by atoms with Crippen LogP contribution in [0.1, 0.15) is 41.6 Å². The summed E-state index contributed by atoms with van der Waals surface area (Å²) in [4.78, 5) is 25.0. The van der Waals surface area contributed by atoms with Crippen LogP contribution in [0.4, 0.5) is 4.39 Å². The van der Waals surface area contributed by atoms with E-state index in [1.165, 1.54) is 12.1 Å². The van der Waals surface area contributed by atoms with Crippen LogP contribution in [0.5, 0.6) is 0 Å². The molecule has 2 aromatic rings. The lowest BCUT2D eigenvalue weighted by Crippen LogP contribution is -2.36. The maximum Gasteiger partial charge on any atom is 0.317 e. The van der Waals surface area contributed by atoms with E-state index in [9.17, 15) is 14.0 Å². The number of ether oxygens (including phenoxy) is 1. The number of ketones is 1. The first-order valence-corrected chi connectivity index (χ1v) is 8.62. The van der Waals surface area contributed by atoms with E-state index in [2.05, 4.69) is 0 Å². The van der Waals surface area contributed by atoms with Crippen LogP contribution in [0.25, 0.3) is 0 Å². The van der Waals surface area contributed by atoms with Crippen LogP contribution >= 0.6 is 11.6 Å². The monoisotopic (exact) mass is 360 g/mol. The number of esters is 1. The van der Waals surface area contributed by atoms with Crippen LogP contribution in [0.15, 0.2) is 48.5 Å². The summed E-state index contributed by atoms with van der Waals surface area (Å²) in [6.45, 7) is -0.380. The molecule has 1 fully saturated rings. The molecule has 0 unspecified atom stereocenters. The molecule has 0 heterocycles. The highest BCUT2D eigenvalue weighted by molar-refractivity contribution is 6.31. The Kier molecular flexibility index (Phi) is 5.19. The van der Waals surface area contributed by atoms with E-state index < -0.39 is 17.2 Å². The topological polar surface area (TPSA) is 43.4 Å². The van der Waals surface area contributed by atoms with Crippen molar-refractivity contribution in [2.45, 2.75) is 31.1 Å². The van der Waals surface area contributed by atoms with Gasteiger partial charge in [0.1, 0.15) is 5.82 Å². The first-order chi connectivity index (χ1) is 12.0. The van der Waals surface area contributed by atoms with E-state index in [4.69, 9.17) is 16.3 Å². The molecule has 0 spiro atoms. The smallest absolute Gasteiger partial charge is 0.317 e. The third-order valence-corrected chi connectivity index (χ3v) is 4.95. The number of benzene rings is 2. The molecular formula is C20H18ClFO3. The van der Waals surface area contributed by atoms with E-state index in [1.807, 2.05) is 0 Å². The van der Waals surface area contributed by atoms with Crippen molar-refractivity contribution < 1.29 is 18.7 Å². The van der Waals surface area contributed by atoms with Gasteiger partial charge < -0.3 is 4.74 Å². The molecule has 0 atom stereocenters. The van der Waals surface area contributed by atoms with Crippen LogP contribution in [0, 0.1) is 5.82 Å². The molecule has 25 heavy (non-hydrogen) atoms. The Labute approximate surface area is 150 Å². The summed E-state index contributed by atoms with van der Waals surface area (Å²) < 4.78 is 19.6. The van der Waals surface area contributed by atoms with Crippen LogP contribution in [0.2, 0.25) is 5.02 Å². The third kappa shape index (κ3) is 3.59. The quantitative estimate of drug-likeness (QED) is 0.572. The molecule has 5 heteroatoms. The van der Waals surface area contributed by atoms with Gasteiger partial charge in [0.05, 0.1) is 5.41 Å². The van der Waals surface area contributed by atoms with Gasteiger partial charge in [-0.2, -0.15) is 0 Å². The zero-order valence-corrected chi connectivity index (χ0v) is 14.4. The Hall–Kier alpha value is -2.20. The molecular weight excluding hydrogens is 343 g/mol. The van der Waals surface area contributed by atoms with E-state index in [0.717, 1.165) is 12.8 Å². The molecule has 1 aliphatic rings. The maximum absolute atomic E-state index is 14.3. The molecule has 0 amide bonds. The lowest BCUT2D eigenvalue weighted by molar-refractivity contribution is -0.149. The van der Waals surface area contributed by atoms with E-state index in [-0.39, 0.29) is 12.4 Å². The highest BCUT2D eigenvalue weighted by Gasteiger charge is 2.45. The van der Waals surface area contributed by atoms with Crippen LogP contribution in [0.3, 0.4) is 0 Å². The van der Waals surface area contributed by atoms with Gasteiger partial charge in [0.2, 0.25) is 0 Å². The zero-order chi connectivity index (χ0) is 17.9. The number of carbonyl (C=O) groups is 2. The molecule has 2 aromatic carbocycles. The van der Waals surface area contributed by atoms with Gasteiger partial charge in [0.15, 0.2) is 12.4 Å². The number of carbonyl (C=O) groups excluding carboxylic acids is 2. The fourth-order valence-electron chi connectivity index (χ4n) is 3.43. The normalized spacial score (nSPS) is 15.8. The number of Topliss-reactive ketones (excluding diaryl/α,β-unsaturated/α-hetero) is 1. The van der Waals surface area contributed by atoms with Gasteiger partial charge in [-0.05, 0) is 31.0 Å². The molecule has 3 nitrogen and oxygen atoms in total. The summed E-state index contributed by atoms with van der Waals surface area (Å²) in [6, 6.07) is 12.7. The molecule has 0 radical (unpaired) electrons. The molecule has 0 N–H and O–H groups in total. The average molecular weight is 361 g/mol. The van der Waals surface area contributed by atoms with Crippen molar-refractivity contribution in [1.29, 1.82) is 0 Å². The van der Waals surface area contributed by atoms with Gasteiger partial charge in [0.25, 0.3) is 0 Å². The molecule has 0 aliphatic heterocycles. The number of rotatable bonds is 5. The lowest BCUT2D eigenvalue weighted by atomic mass is 9.78. The maximum atomic E-state index is 14.3. The Balaban J connectivity index is 1.76. The molecule has 0 aromatic heterocycles. The van der Waals surface area contributed by atoms with Gasteiger partial charge in [0, 0.05) is 16.1 Å². The SMILES string of the molecule is O=C(COC(=O)C1(c2ccccc2F)CCCC1)c1cccc(Cl)c1. The second kappa shape index (κ2) is 7.36. The first-order valence-electron chi connectivity index (χ1n) is 8.24. The predicted molar refractivity (Wildman–Crippen MR) is 93.3 cm³/mol. The average Bonchev–Trinajstić information content (AvgIpc) is 3.10. The predicted octanol–water partition coefficient (Wildman–Crippen LogP) is 4.72. The standard InChI is InChI=1S/C20H18ClFO3/c21-15-7-5-6-14(12-15)18(23)13-25-19(24)20(10-3-4-11-20)16-8-1-2-9-17(16)22/h1-2,5-9,12H,3-4,10-11,13H2. The van der Waals surface area contributed by atoms with Crippen LogP contribution < -0.4 is 0 Å². The van der Waals surface area contributed by atoms with Crippen LogP contribution in [-0.2, 0) is 14.9 Å². The van der Waals surface area contributed by atoms with Crippen molar-refractivity contribution in [3.8, 4) is 0 Å². The van der Waals surface area contributed by atoms with Crippen molar-refractivity contribution in [1.82, 2.24) is 0 Å². The summed E-state index contributed by atoms with van der Waals surface area (Å²) in [6.07, 6.45) is 2.70. The summed E-state index contributed by atoms with van der Waals surface area (Å²) in [7, 11) is 0. The van der Waals surface area contributed by atoms with E-state index in [0.29, 0.717) is 29.0 Å². The number of hydrogen-bond donors (Lipinski definition) is 0. The fraction of sp³-hybridized carbons (Fsp3) is 0.300. The number of hydrogen-bond acceptors (Lipinski definition) is 3. The largest absolute Gasteiger partial charge is 0.457 e. The summed E-state index contributed by atoms with van der Waals surface area (Å²) >= 11 is 5.87. The minimum Gasteiger partial charge on any atom is -0.457 e. The summed E-state index contributed by atoms with van der Waals surface area (Å²) in [5, 5.41) is 0.441. The van der Waals surface area contributed by atoms with E-state index in [1.54, 1.807) is 36.4 Å². The first kappa shape index (κ1) is 17.6. The highest BCUT2D eigenvalue weighted by Crippen LogP contribution is 2.43. The summed E-state index contributed by atoms with van der Waals surface area (Å²) in [5.41, 5.74) is -0.265. The second-order valence-corrected chi connectivity index (χ2v) is 6.72. The third-order valence-electron chi connectivity index (χ3n) is 4.72. The van der Waals surface area contributed by atoms with Crippen molar-refractivity contribution in [3.63, 3.8) is 0 Å². The lowest BCUT2D eigenvalue weighted by Gasteiger charge is -2.27. The minimum atomic E-state index is -1.00. The van der Waals surface area contributed by atoms with Crippen molar-refractivity contribution in [2.75, 3.05) is 6.61 Å². The Bertz CT molecular complexity index is 797. The fourth-order valence-corrected chi connectivity index (χ4v) is 3.62. The molecule has 130 valence electrons. The molecule has 3 rings (SSSR count). The van der Waals surface area contributed by atoms with Gasteiger partial charge in [-0.25, -0.2) is 4.39 Å². The van der Waals surface area contributed by atoms with Crippen molar-refractivity contribution in [2.24, 2.45) is 0 Å². The highest BCUT2D eigenvalue weighted by atomic mass is 35.5. The Morgan fingerprint density at radius 3 is 2.48 bits per heavy atom. The van der Waals surface area contributed by atoms with E-state index >= 15 is 0 Å². The van der Waals surface area contributed by atoms with Gasteiger partial charge in [-0.15, -0.1) is 0 Å². The Morgan fingerprint density at radius 2 is 1.80 bits per heavy atom. The minimum absolute atomic E-state index is 0.336. The van der Waals surface area contributed by atoms with Gasteiger partial charge in [-0.1, -0.05) is 54.8 Å². The van der Waals surface area contributed by atoms with Gasteiger partial charge >= 0.3 is 5.97 Å². The molecule has 0 bridgehead atoms. The molecule has 0 saturated heterocycles. The van der Waals surface area contributed by atoms with Crippen molar-refractivity contribution >= 4 is 23.4 Å². The Morgan fingerprint density at radius 1 is 1.08 bits per heavy atom. The van der Waals surface area contributed by atoms with Crippen LogP contribution in [-0.4, -0.2) is 18.4 Å². The van der Waals surface area contributed by atoms with Crippen molar-refractivity contribution in [3.05, 3.63) is 70.5 Å². The second-order valence-electron chi connectivity index (χ2n) is 6.28.